The average Bonchev–Trinajstić information content (AvgIpc) is 2.67. The van der Waals surface area contributed by atoms with Gasteiger partial charge in [-0.3, -0.25) is 9.78 Å². The summed E-state index contributed by atoms with van der Waals surface area (Å²) >= 11 is 0. The van der Waals surface area contributed by atoms with Crippen LogP contribution in [0.5, 0.6) is 0 Å². The Kier molecular flexibility index (Phi) is 5.43. The van der Waals surface area contributed by atoms with Gasteiger partial charge >= 0.3 is 6.18 Å². The van der Waals surface area contributed by atoms with Gasteiger partial charge in [-0.05, 0) is 35.9 Å². The summed E-state index contributed by atoms with van der Waals surface area (Å²) in [5, 5.41) is 0. The number of hydrogen-bond donors (Lipinski definition) is 0. The van der Waals surface area contributed by atoms with Gasteiger partial charge in [0.25, 0.3) is 0 Å². The summed E-state index contributed by atoms with van der Waals surface area (Å²) in [7, 11) is 0. The van der Waals surface area contributed by atoms with Gasteiger partial charge in [-0.2, -0.15) is 13.2 Å². The van der Waals surface area contributed by atoms with E-state index in [4.69, 9.17) is 0 Å². The van der Waals surface area contributed by atoms with Gasteiger partial charge in [0.15, 0.2) is 0 Å². The summed E-state index contributed by atoms with van der Waals surface area (Å²) in [5.74, 6) is -1.62. The Hall–Kier alpha value is -2.90. The summed E-state index contributed by atoms with van der Waals surface area (Å²) < 4.78 is 51.5. The Morgan fingerprint density at radius 3 is 2.33 bits per heavy atom. The van der Waals surface area contributed by atoms with Crippen LogP contribution in [0.2, 0.25) is 0 Å². The number of anilines is 1. The molecule has 1 aliphatic rings. The number of piperazine rings is 1. The van der Waals surface area contributed by atoms with Crippen molar-refractivity contribution >= 4 is 17.7 Å². The predicted octanol–water partition coefficient (Wildman–Crippen LogP) is 3.60. The number of pyridine rings is 1. The molecule has 0 radical (unpaired) electrons. The van der Waals surface area contributed by atoms with Crippen molar-refractivity contribution in [2.24, 2.45) is 0 Å². The van der Waals surface area contributed by atoms with Crippen LogP contribution in [0.25, 0.3) is 6.08 Å². The van der Waals surface area contributed by atoms with Crippen molar-refractivity contribution in [1.82, 2.24) is 9.88 Å². The summed E-state index contributed by atoms with van der Waals surface area (Å²) in [6, 6.07) is 6.44. The average molecular weight is 379 g/mol. The molecule has 0 atom stereocenters. The number of halogens is 4. The minimum absolute atomic E-state index is 0.118. The number of rotatable bonds is 3. The number of hydrogen-bond acceptors (Lipinski definition) is 3. The number of alkyl halides is 3. The van der Waals surface area contributed by atoms with Crippen LogP contribution in [0.15, 0.2) is 48.8 Å². The molecule has 1 saturated heterocycles. The van der Waals surface area contributed by atoms with E-state index in [1.807, 2.05) is 12.1 Å². The Morgan fingerprint density at radius 1 is 1.04 bits per heavy atom. The van der Waals surface area contributed by atoms with Crippen LogP contribution in [-0.4, -0.2) is 42.0 Å². The van der Waals surface area contributed by atoms with Crippen molar-refractivity contribution in [2.45, 2.75) is 6.18 Å². The number of aromatic nitrogens is 1. The molecular formula is C19H17F4N3O. The fraction of sp³-hybridized carbons (Fsp3) is 0.263. The van der Waals surface area contributed by atoms with E-state index in [-0.39, 0.29) is 11.5 Å². The van der Waals surface area contributed by atoms with Gasteiger partial charge < -0.3 is 9.80 Å². The van der Waals surface area contributed by atoms with Gasteiger partial charge in [0, 0.05) is 50.3 Å². The van der Waals surface area contributed by atoms with E-state index in [1.165, 1.54) is 18.2 Å². The zero-order valence-electron chi connectivity index (χ0n) is 14.3. The van der Waals surface area contributed by atoms with Crippen LogP contribution >= 0.6 is 0 Å². The van der Waals surface area contributed by atoms with E-state index >= 15 is 0 Å². The van der Waals surface area contributed by atoms with Gasteiger partial charge in [-0.15, -0.1) is 0 Å². The van der Waals surface area contributed by atoms with E-state index in [9.17, 15) is 22.4 Å². The largest absolute Gasteiger partial charge is 0.419 e. The number of carbonyl (C=O) groups excluding carboxylic acids is 1. The second-order valence-corrected chi connectivity index (χ2v) is 6.09. The zero-order valence-corrected chi connectivity index (χ0v) is 14.3. The third-order valence-electron chi connectivity index (χ3n) is 4.33. The van der Waals surface area contributed by atoms with Crippen molar-refractivity contribution in [1.29, 1.82) is 0 Å². The van der Waals surface area contributed by atoms with Gasteiger partial charge in [0.2, 0.25) is 5.91 Å². The second kappa shape index (κ2) is 7.77. The first-order valence-electron chi connectivity index (χ1n) is 8.33. The standard InChI is InChI=1S/C19H17F4N3O/c20-17-3-1-14(13-16(17)19(21,22)23)2-4-18(27)26-11-9-25(10-12-26)15-5-7-24-8-6-15/h1-8,13H,9-12H2. The second-order valence-electron chi connectivity index (χ2n) is 6.09. The van der Waals surface area contributed by atoms with Crippen LogP contribution in [0.4, 0.5) is 23.2 Å². The fourth-order valence-corrected chi connectivity index (χ4v) is 2.88. The first-order valence-corrected chi connectivity index (χ1v) is 8.33. The molecule has 142 valence electrons. The maximum atomic E-state index is 13.3. The van der Waals surface area contributed by atoms with Crippen molar-refractivity contribution in [3.8, 4) is 0 Å². The molecule has 0 aliphatic carbocycles. The first kappa shape index (κ1) is 18.9. The van der Waals surface area contributed by atoms with Gasteiger partial charge in [0.1, 0.15) is 5.82 Å². The molecule has 4 nitrogen and oxygen atoms in total. The maximum Gasteiger partial charge on any atom is 0.419 e. The van der Waals surface area contributed by atoms with E-state index < -0.39 is 17.6 Å². The van der Waals surface area contributed by atoms with Crippen LogP contribution in [0, 0.1) is 5.82 Å². The SMILES string of the molecule is O=C(C=Cc1ccc(F)c(C(F)(F)F)c1)N1CCN(c2ccncc2)CC1. The monoisotopic (exact) mass is 379 g/mol. The Bertz CT molecular complexity index is 829. The lowest BCUT2D eigenvalue weighted by atomic mass is 10.1. The van der Waals surface area contributed by atoms with Crippen LogP contribution < -0.4 is 4.90 Å². The number of amides is 1. The van der Waals surface area contributed by atoms with Crippen molar-refractivity contribution in [3.63, 3.8) is 0 Å². The lowest BCUT2D eigenvalue weighted by Crippen LogP contribution is -2.48. The number of carbonyl (C=O) groups is 1. The van der Waals surface area contributed by atoms with Crippen molar-refractivity contribution < 1.29 is 22.4 Å². The number of nitrogens with zero attached hydrogens (tertiary/aromatic N) is 3. The molecule has 0 N–H and O–H groups in total. The molecule has 0 saturated carbocycles. The lowest BCUT2D eigenvalue weighted by Gasteiger charge is -2.35. The molecule has 1 aromatic heterocycles. The van der Waals surface area contributed by atoms with E-state index in [2.05, 4.69) is 9.88 Å². The summed E-state index contributed by atoms with van der Waals surface area (Å²) in [6.07, 6.45) is 1.12. The fourth-order valence-electron chi connectivity index (χ4n) is 2.88. The van der Waals surface area contributed by atoms with Crippen LogP contribution in [0.3, 0.4) is 0 Å². The minimum atomic E-state index is -4.78. The Balaban J connectivity index is 1.61. The normalized spacial score (nSPS) is 15.4. The number of benzene rings is 1. The minimum Gasteiger partial charge on any atom is -0.368 e. The van der Waals surface area contributed by atoms with Crippen molar-refractivity contribution in [3.05, 3.63) is 65.7 Å². The Labute approximate surface area is 153 Å². The molecule has 0 bridgehead atoms. The zero-order chi connectivity index (χ0) is 19.4. The van der Waals surface area contributed by atoms with E-state index in [0.717, 1.165) is 11.8 Å². The molecule has 8 heteroatoms. The summed E-state index contributed by atoms with van der Waals surface area (Å²) in [6.45, 7) is 2.31. The molecule has 1 amide bonds. The van der Waals surface area contributed by atoms with Crippen LogP contribution in [0.1, 0.15) is 11.1 Å². The third kappa shape index (κ3) is 4.64. The molecule has 27 heavy (non-hydrogen) atoms. The molecule has 1 aliphatic heterocycles. The third-order valence-corrected chi connectivity index (χ3v) is 4.33. The molecular weight excluding hydrogens is 362 g/mol. The highest BCUT2D eigenvalue weighted by molar-refractivity contribution is 5.92. The Morgan fingerprint density at radius 2 is 1.70 bits per heavy atom. The topological polar surface area (TPSA) is 36.4 Å². The molecule has 1 aromatic carbocycles. The van der Waals surface area contributed by atoms with E-state index in [0.29, 0.717) is 32.2 Å². The van der Waals surface area contributed by atoms with Gasteiger partial charge in [-0.1, -0.05) is 6.07 Å². The van der Waals surface area contributed by atoms with Gasteiger partial charge in [-0.25, -0.2) is 4.39 Å². The smallest absolute Gasteiger partial charge is 0.368 e. The van der Waals surface area contributed by atoms with Crippen LogP contribution in [-0.2, 0) is 11.0 Å². The highest BCUT2D eigenvalue weighted by Gasteiger charge is 2.34. The first-order chi connectivity index (χ1) is 12.8. The highest BCUT2D eigenvalue weighted by atomic mass is 19.4. The molecule has 3 rings (SSSR count). The quantitative estimate of drug-likeness (QED) is 0.604. The molecule has 1 fully saturated rings. The van der Waals surface area contributed by atoms with Gasteiger partial charge in [0.05, 0.1) is 5.56 Å². The van der Waals surface area contributed by atoms with E-state index in [1.54, 1.807) is 17.3 Å². The molecule has 0 unspecified atom stereocenters. The molecule has 0 spiro atoms. The summed E-state index contributed by atoms with van der Waals surface area (Å²) in [5.41, 5.74) is -0.200. The summed E-state index contributed by atoms with van der Waals surface area (Å²) in [4.78, 5) is 20.0. The van der Waals surface area contributed by atoms with Crippen molar-refractivity contribution in [2.75, 3.05) is 31.1 Å². The molecule has 2 heterocycles. The highest BCUT2D eigenvalue weighted by Crippen LogP contribution is 2.32. The predicted molar refractivity (Wildman–Crippen MR) is 93.5 cm³/mol. The maximum absolute atomic E-state index is 13.3. The lowest BCUT2D eigenvalue weighted by molar-refractivity contribution is -0.140. The molecule has 2 aromatic rings.